The Kier molecular flexibility index (Phi) is 9.14. The molecular weight excluding hydrogens is 456 g/mol. The molecule has 136 valence electrons. The number of halogens is 2. The Balaban J connectivity index is 2.43. The van der Waals surface area contributed by atoms with Gasteiger partial charge in [-0.15, -0.1) is 0 Å². The van der Waals surface area contributed by atoms with Gasteiger partial charge >= 0.3 is 0 Å². The van der Waals surface area contributed by atoms with Crippen molar-refractivity contribution in [2.24, 2.45) is 0 Å². The van der Waals surface area contributed by atoms with Crippen LogP contribution in [0, 0.1) is 11.8 Å². The molecular formula is C22H22Br2O2. The van der Waals surface area contributed by atoms with Gasteiger partial charge in [-0.05, 0) is 36.1 Å². The molecule has 0 heterocycles. The quantitative estimate of drug-likeness (QED) is 0.547. The summed E-state index contributed by atoms with van der Waals surface area (Å²) in [5, 5.41) is 18.6. The second-order valence-electron chi connectivity index (χ2n) is 5.87. The van der Waals surface area contributed by atoms with Gasteiger partial charge in [0.1, 0.15) is 0 Å². The van der Waals surface area contributed by atoms with Crippen molar-refractivity contribution in [3.05, 3.63) is 79.7 Å². The van der Waals surface area contributed by atoms with Crippen LogP contribution in [0.5, 0.6) is 0 Å². The zero-order valence-electron chi connectivity index (χ0n) is 14.5. The van der Waals surface area contributed by atoms with Crippen LogP contribution in [0.3, 0.4) is 0 Å². The summed E-state index contributed by atoms with van der Waals surface area (Å²) in [6.45, 7) is 0.135. The summed E-state index contributed by atoms with van der Waals surface area (Å²) in [6, 6.07) is 16.2. The highest BCUT2D eigenvalue weighted by molar-refractivity contribution is 9.10. The third-order valence-corrected chi connectivity index (χ3v) is 5.55. The fourth-order valence-corrected chi connectivity index (χ4v) is 3.52. The van der Waals surface area contributed by atoms with E-state index in [1.165, 1.54) is 5.56 Å². The van der Waals surface area contributed by atoms with E-state index >= 15 is 0 Å². The molecule has 0 spiro atoms. The largest absolute Gasteiger partial charge is 0.396 e. The Morgan fingerprint density at radius 3 is 1.92 bits per heavy atom. The molecule has 0 atom stereocenters. The van der Waals surface area contributed by atoms with Gasteiger partial charge in [0.2, 0.25) is 0 Å². The van der Waals surface area contributed by atoms with E-state index in [4.69, 9.17) is 5.11 Å². The van der Waals surface area contributed by atoms with E-state index < -0.39 is 0 Å². The van der Waals surface area contributed by atoms with Gasteiger partial charge in [0.15, 0.2) is 0 Å². The maximum Gasteiger partial charge on any atom is 0.0540 e. The molecule has 0 saturated heterocycles. The summed E-state index contributed by atoms with van der Waals surface area (Å²) < 4.78 is 2.10. The number of rotatable bonds is 7. The standard InChI is InChI=1S/C22H22Br2O2/c23-21-10-3-1-8-19(21)15-17(7-5-6-13-25)18(12-14-26)16-20-9-2-4-11-22(20)24/h1-4,8-11,25-26H,6,12-16H2/b18-17-. The van der Waals surface area contributed by atoms with Crippen LogP contribution in [0.15, 0.2) is 68.6 Å². The van der Waals surface area contributed by atoms with Crippen LogP contribution in [0.25, 0.3) is 0 Å². The molecule has 2 nitrogen and oxygen atoms in total. The minimum absolute atomic E-state index is 0.0505. The van der Waals surface area contributed by atoms with Crippen LogP contribution in [0.2, 0.25) is 0 Å². The molecule has 0 bridgehead atoms. The lowest BCUT2D eigenvalue weighted by Gasteiger charge is -2.13. The Bertz CT molecular complexity index is 816. The van der Waals surface area contributed by atoms with Crippen LogP contribution < -0.4 is 0 Å². The minimum Gasteiger partial charge on any atom is -0.396 e. The molecule has 0 aliphatic carbocycles. The van der Waals surface area contributed by atoms with Crippen LogP contribution in [0.4, 0.5) is 0 Å². The first-order chi connectivity index (χ1) is 12.7. The molecule has 26 heavy (non-hydrogen) atoms. The zero-order chi connectivity index (χ0) is 18.8. The summed E-state index contributed by atoms with van der Waals surface area (Å²) in [5.74, 6) is 6.29. The first-order valence-electron chi connectivity index (χ1n) is 8.54. The number of allylic oxidation sites excluding steroid dienone is 1. The van der Waals surface area contributed by atoms with E-state index in [1.54, 1.807) is 0 Å². The maximum absolute atomic E-state index is 9.58. The van der Waals surface area contributed by atoms with Gasteiger partial charge in [0.05, 0.1) is 6.61 Å². The molecule has 2 N–H and O–H groups in total. The molecule has 4 heteroatoms. The molecule has 2 rings (SSSR count). The Labute approximate surface area is 172 Å². The predicted octanol–water partition coefficient (Wildman–Crippen LogP) is 5.06. The van der Waals surface area contributed by atoms with Gasteiger partial charge in [0.25, 0.3) is 0 Å². The minimum atomic E-state index is 0.0505. The molecule has 0 aliphatic heterocycles. The summed E-state index contributed by atoms with van der Waals surface area (Å²) >= 11 is 7.21. The molecule has 0 aliphatic rings. The molecule has 0 radical (unpaired) electrons. The topological polar surface area (TPSA) is 40.5 Å². The summed E-state index contributed by atoms with van der Waals surface area (Å²) in [7, 11) is 0. The van der Waals surface area contributed by atoms with E-state index in [9.17, 15) is 5.11 Å². The van der Waals surface area contributed by atoms with Crippen molar-refractivity contribution < 1.29 is 10.2 Å². The van der Waals surface area contributed by atoms with Gasteiger partial charge in [-0.2, -0.15) is 0 Å². The Morgan fingerprint density at radius 2 is 1.38 bits per heavy atom. The van der Waals surface area contributed by atoms with Crippen molar-refractivity contribution in [3.8, 4) is 11.8 Å². The van der Waals surface area contributed by atoms with E-state index in [1.807, 2.05) is 36.4 Å². The predicted molar refractivity (Wildman–Crippen MR) is 114 cm³/mol. The van der Waals surface area contributed by atoms with E-state index in [-0.39, 0.29) is 13.2 Å². The monoisotopic (exact) mass is 476 g/mol. The number of hydrogen-bond acceptors (Lipinski definition) is 2. The van der Waals surface area contributed by atoms with Crippen molar-refractivity contribution in [3.63, 3.8) is 0 Å². The first-order valence-corrected chi connectivity index (χ1v) is 10.1. The highest BCUT2D eigenvalue weighted by Gasteiger charge is 2.11. The highest BCUT2D eigenvalue weighted by Crippen LogP contribution is 2.26. The fourth-order valence-electron chi connectivity index (χ4n) is 2.67. The fraction of sp³-hybridized carbons (Fsp3) is 0.273. The molecule has 0 fully saturated rings. The van der Waals surface area contributed by atoms with Crippen molar-refractivity contribution in [1.82, 2.24) is 0 Å². The maximum atomic E-state index is 9.58. The highest BCUT2D eigenvalue weighted by atomic mass is 79.9. The molecule has 0 unspecified atom stereocenters. The summed E-state index contributed by atoms with van der Waals surface area (Å²) in [6.07, 6.45) is 2.45. The summed E-state index contributed by atoms with van der Waals surface area (Å²) in [5.41, 5.74) is 4.46. The molecule has 0 aromatic heterocycles. The Morgan fingerprint density at radius 1 is 0.808 bits per heavy atom. The average Bonchev–Trinajstić information content (AvgIpc) is 2.64. The smallest absolute Gasteiger partial charge is 0.0540 e. The third-order valence-electron chi connectivity index (χ3n) is 4.00. The van der Waals surface area contributed by atoms with Gasteiger partial charge < -0.3 is 10.2 Å². The SMILES string of the molecule is OCCC#C/C(Cc1ccccc1Br)=C(\CCO)Cc1ccccc1Br. The van der Waals surface area contributed by atoms with Crippen molar-refractivity contribution in [1.29, 1.82) is 0 Å². The number of aliphatic hydroxyl groups excluding tert-OH is 2. The van der Waals surface area contributed by atoms with E-state index in [0.29, 0.717) is 19.3 Å². The van der Waals surface area contributed by atoms with Gasteiger partial charge in [-0.25, -0.2) is 0 Å². The lowest BCUT2D eigenvalue weighted by Crippen LogP contribution is -2.02. The normalized spacial score (nSPS) is 11.5. The number of benzene rings is 2. The van der Waals surface area contributed by atoms with Crippen molar-refractivity contribution >= 4 is 31.9 Å². The van der Waals surface area contributed by atoms with Gasteiger partial charge in [-0.1, -0.05) is 85.7 Å². The molecule has 2 aromatic rings. The summed E-state index contributed by atoms with van der Waals surface area (Å²) in [4.78, 5) is 0. The van der Waals surface area contributed by atoms with E-state index in [2.05, 4.69) is 55.8 Å². The zero-order valence-corrected chi connectivity index (χ0v) is 17.7. The molecule has 2 aromatic carbocycles. The van der Waals surface area contributed by atoms with Crippen molar-refractivity contribution in [2.75, 3.05) is 13.2 Å². The van der Waals surface area contributed by atoms with Crippen LogP contribution in [-0.2, 0) is 12.8 Å². The van der Waals surface area contributed by atoms with Crippen LogP contribution in [-0.4, -0.2) is 23.4 Å². The molecule has 0 amide bonds. The third kappa shape index (κ3) is 6.41. The lowest BCUT2D eigenvalue weighted by molar-refractivity contribution is 0.298. The number of hydrogen-bond donors (Lipinski definition) is 2. The van der Waals surface area contributed by atoms with Crippen LogP contribution >= 0.6 is 31.9 Å². The number of aliphatic hydroxyl groups is 2. The average molecular weight is 478 g/mol. The van der Waals surface area contributed by atoms with Crippen molar-refractivity contribution in [2.45, 2.75) is 25.7 Å². The second-order valence-corrected chi connectivity index (χ2v) is 7.58. The van der Waals surface area contributed by atoms with Crippen LogP contribution in [0.1, 0.15) is 24.0 Å². The first kappa shape index (κ1) is 20.9. The van der Waals surface area contributed by atoms with E-state index in [0.717, 1.165) is 32.1 Å². The van der Waals surface area contributed by atoms with Gasteiger partial charge in [0, 0.05) is 34.0 Å². The molecule has 0 saturated carbocycles. The van der Waals surface area contributed by atoms with Gasteiger partial charge in [-0.3, -0.25) is 0 Å². The lowest BCUT2D eigenvalue weighted by atomic mass is 9.93. The second kappa shape index (κ2) is 11.4. The Hall–Kier alpha value is -1.38.